The van der Waals surface area contributed by atoms with Gasteiger partial charge >= 0.3 is 0 Å². The van der Waals surface area contributed by atoms with E-state index in [4.69, 9.17) is 0 Å². The third-order valence-corrected chi connectivity index (χ3v) is 7.22. The number of sulfonamides is 1. The maximum absolute atomic E-state index is 12.8. The van der Waals surface area contributed by atoms with Crippen LogP contribution in [0.3, 0.4) is 0 Å². The van der Waals surface area contributed by atoms with E-state index in [1.165, 1.54) is 0 Å². The summed E-state index contributed by atoms with van der Waals surface area (Å²) in [5, 5.41) is 5.35. The summed E-state index contributed by atoms with van der Waals surface area (Å²) >= 11 is 0. The number of benzene rings is 2. The highest BCUT2D eigenvalue weighted by Gasteiger charge is 2.24. The Morgan fingerprint density at radius 2 is 1.48 bits per heavy atom. The minimum absolute atomic E-state index is 0.0965. The molecule has 0 aliphatic carbocycles. The van der Waals surface area contributed by atoms with Crippen LogP contribution >= 0.6 is 0 Å². The summed E-state index contributed by atoms with van der Waals surface area (Å²) in [5.41, 5.74) is 1.44. The zero-order valence-electron chi connectivity index (χ0n) is 17.5. The number of amides is 2. The van der Waals surface area contributed by atoms with E-state index in [2.05, 4.69) is 10.6 Å². The fraction of sp³-hybridized carbons (Fsp3) is 0.391. The van der Waals surface area contributed by atoms with E-state index in [1.54, 1.807) is 52.8 Å². The van der Waals surface area contributed by atoms with E-state index in [-0.39, 0.29) is 18.4 Å². The normalized spacial score (nSPS) is 15.1. The van der Waals surface area contributed by atoms with Crippen LogP contribution in [0.5, 0.6) is 0 Å². The second-order valence-electron chi connectivity index (χ2n) is 7.61. The van der Waals surface area contributed by atoms with Gasteiger partial charge in [0.1, 0.15) is 0 Å². The number of rotatable bonds is 8. The molecule has 0 bridgehead atoms. The Morgan fingerprint density at radius 1 is 0.839 bits per heavy atom. The van der Waals surface area contributed by atoms with Crippen LogP contribution in [0.4, 0.5) is 0 Å². The molecule has 2 aromatic carbocycles. The Morgan fingerprint density at radius 3 is 2.13 bits per heavy atom. The molecule has 8 heteroatoms. The van der Waals surface area contributed by atoms with Crippen LogP contribution in [0.1, 0.15) is 41.6 Å². The molecule has 2 N–H and O–H groups in total. The van der Waals surface area contributed by atoms with E-state index < -0.39 is 10.0 Å². The van der Waals surface area contributed by atoms with E-state index >= 15 is 0 Å². The molecule has 3 rings (SSSR count). The Hall–Kier alpha value is -2.71. The maximum atomic E-state index is 12.8. The third kappa shape index (κ3) is 6.63. The fourth-order valence-electron chi connectivity index (χ4n) is 3.52. The molecule has 2 aromatic rings. The Balaban J connectivity index is 1.43. The van der Waals surface area contributed by atoms with Crippen molar-refractivity contribution in [3.63, 3.8) is 0 Å². The largest absolute Gasteiger partial charge is 0.354 e. The zero-order valence-corrected chi connectivity index (χ0v) is 18.4. The molecule has 1 saturated heterocycles. The lowest BCUT2D eigenvalue weighted by Crippen LogP contribution is -2.37. The minimum atomic E-state index is -3.45. The minimum Gasteiger partial charge on any atom is -0.354 e. The lowest BCUT2D eigenvalue weighted by atomic mass is 10.1. The molecule has 1 fully saturated rings. The first-order valence-corrected chi connectivity index (χ1v) is 12.1. The van der Waals surface area contributed by atoms with Gasteiger partial charge in [0.25, 0.3) is 5.91 Å². The second kappa shape index (κ2) is 11.1. The SMILES string of the molecule is O=C(CNC(=O)c1ccccc1)NCCc1ccc(S(=O)(=O)N2CCCCCC2)cc1. The monoisotopic (exact) mass is 443 g/mol. The highest BCUT2D eigenvalue weighted by molar-refractivity contribution is 7.89. The molecule has 7 nitrogen and oxygen atoms in total. The van der Waals surface area contributed by atoms with Crippen molar-refractivity contribution in [1.29, 1.82) is 0 Å². The molecule has 31 heavy (non-hydrogen) atoms. The summed E-state index contributed by atoms with van der Waals surface area (Å²) in [5.74, 6) is -0.568. The summed E-state index contributed by atoms with van der Waals surface area (Å²) < 4.78 is 27.2. The predicted octanol–water partition coefficient (Wildman–Crippen LogP) is 2.34. The van der Waals surface area contributed by atoms with Gasteiger partial charge in [-0.15, -0.1) is 0 Å². The van der Waals surface area contributed by atoms with Crippen molar-refractivity contribution in [3.05, 3.63) is 65.7 Å². The molecule has 1 aliphatic heterocycles. The van der Waals surface area contributed by atoms with E-state index in [0.717, 1.165) is 31.2 Å². The van der Waals surface area contributed by atoms with Crippen molar-refractivity contribution in [3.8, 4) is 0 Å². The van der Waals surface area contributed by atoms with Gasteiger partial charge < -0.3 is 10.6 Å². The van der Waals surface area contributed by atoms with Crippen LogP contribution < -0.4 is 10.6 Å². The Kier molecular flexibility index (Phi) is 8.20. The van der Waals surface area contributed by atoms with Crippen molar-refractivity contribution in [2.24, 2.45) is 0 Å². The van der Waals surface area contributed by atoms with Crippen LogP contribution in [-0.2, 0) is 21.2 Å². The van der Waals surface area contributed by atoms with Gasteiger partial charge in [0.15, 0.2) is 0 Å². The highest BCUT2D eigenvalue weighted by atomic mass is 32.2. The molecule has 0 unspecified atom stereocenters. The molecule has 1 heterocycles. The molecule has 0 saturated carbocycles. The summed E-state index contributed by atoms with van der Waals surface area (Å²) in [4.78, 5) is 24.2. The van der Waals surface area contributed by atoms with Gasteiger partial charge in [0.2, 0.25) is 15.9 Å². The average Bonchev–Trinajstić information content (AvgIpc) is 3.09. The standard InChI is InChI=1S/C23H29N3O4S/c27-22(18-25-23(28)20-8-4-3-5-9-20)24-15-14-19-10-12-21(13-11-19)31(29,30)26-16-6-1-2-7-17-26/h3-5,8-13H,1-2,6-7,14-18H2,(H,24,27)(H,25,28). The number of nitrogens with zero attached hydrogens (tertiary/aromatic N) is 1. The quantitative estimate of drug-likeness (QED) is 0.655. The smallest absolute Gasteiger partial charge is 0.251 e. The third-order valence-electron chi connectivity index (χ3n) is 5.31. The van der Waals surface area contributed by atoms with E-state index in [0.29, 0.717) is 36.5 Å². The van der Waals surface area contributed by atoms with Gasteiger partial charge in [0.05, 0.1) is 11.4 Å². The fourth-order valence-corrected chi connectivity index (χ4v) is 5.04. The van der Waals surface area contributed by atoms with Gasteiger partial charge in [-0.1, -0.05) is 43.2 Å². The predicted molar refractivity (Wildman–Crippen MR) is 119 cm³/mol. The number of carbonyl (C=O) groups excluding carboxylic acids is 2. The molecule has 0 aromatic heterocycles. The summed E-state index contributed by atoms with van der Waals surface area (Å²) in [6.07, 6.45) is 4.53. The Labute approximate surface area is 183 Å². The van der Waals surface area contributed by atoms with E-state index in [1.807, 2.05) is 6.07 Å². The topological polar surface area (TPSA) is 95.6 Å². The van der Waals surface area contributed by atoms with Gasteiger partial charge in [-0.2, -0.15) is 4.31 Å². The number of hydrogen-bond acceptors (Lipinski definition) is 4. The van der Waals surface area contributed by atoms with Crippen molar-refractivity contribution in [2.45, 2.75) is 37.0 Å². The molecule has 0 atom stereocenters. The zero-order chi connectivity index (χ0) is 22.1. The van der Waals surface area contributed by atoms with Gasteiger partial charge in [0, 0.05) is 25.2 Å². The second-order valence-corrected chi connectivity index (χ2v) is 9.55. The first kappa shape index (κ1) is 23.0. The van der Waals surface area contributed by atoms with Crippen LogP contribution in [0.25, 0.3) is 0 Å². The van der Waals surface area contributed by atoms with Crippen molar-refractivity contribution < 1.29 is 18.0 Å². The summed E-state index contributed by atoms with van der Waals surface area (Å²) in [6, 6.07) is 15.6. The molecular weight excluding hydrogens is 414 g/mol. The van der Waals surface area contributed by atoms with Crippen LogP contribution in [0.2, 0.25) is 0 Å². The highest BCUT2D eigenvalue weighted by Crippen LogP contribution is 2.20. The maximum Gasteiger partial charge on any atom is 0.251 e. The van der Waals surface area contributed by atoms with Gasteiger partial charge in [-0.3, -0.25) is 9.59 Å². The molecule has 1 aliphatic rings. The van der Waals surface area contributed by atoms with E-state index in [9.17, 15) is 18.0 Å². The average molecular weight is 444 g/mol. The van der Waals surface area contributed by atoms with Crippen LogP contribution in [0.15, 0.2) is 59.5 Å². The van der Waals surface area contributed by atoms with Crippen molar-refractivity contribution in [1.82, 2.24) is 14.9 Å². The van der Waals surface area contributed by atoms with Gasteiger partial charge in [-0.25, -0.2) is 8.42 Å². The first-order valence-electron chi connectivity index (χ1n) is 10.7. The number of nitrogens with one attached hydrogen (secondary N) is 2. The van der Waals surface area contributed by atoms with Crippen molar-refractivity contribution >= 4 is 21.8 Å². The van der Waals surface area contributed by atoms with Crippen LogP contribution in [-0.4, -0.2) is 50.7 Å². The number of hydrogen-bond donors (Lipinski definition) is 2. The number of carbonyl (C=O) groups is 2. The van der Waals surface area contributed by atoms with Gasteiger partial charge in [-0.05, 0) is 49.1 Å². The molecule has 0 spiro atoms. The molecular formula is C23H29N3O4S. The van der Waals surface area contributed by atoms with Crippen LogP contribution in [0, 0.1) is 0 Å². The lowest BCUT2D eigenvalue weighted by Gasteiger charge is -2.20. The summed E-state index contributed by atoms with van der Waals surface area (Å²) in [7, 11) is -3.45. The lowest BCUT2D eigenvalue weighted by molar-refractivity contribution is -0.120. The molecule has 0 radical (unpaired) electrons. The first-order chi connectivity index (χ1) is 15.0. The molecule has 2 amide bonds. The molecule has 166 valence electrons. The van der Waals surface area contributed by atoms with Crippen molar-refractivity contribution in [2.75, 3.05) is 26.2 Å². The summed E-state index contributed by atoms with van der Waals surface area (Å²) in [6.45, 7) is 1.47. The Bertz CT molecular complexity index is 968.